The second-order valence-electron chi connectivity index (χ2n) is 3.51. The molecule has 0 aromatic carbocycles. The molecule has 1 aliphatic rings. The van der Waals surface area contributed by atoms with E-state index in [2.05, 4.69) is 15.3 Å². The monoisotopic (exact) mass is 195 g/mol. The van der Waals surface area contributed by atoms with Crippen LogP contribution in [0.4, 0.5) is 5.82 Å². The fraction of sp³-hybridized carbons (Fsp3) is 0.556. The Morgan fingerprint density at radius 3 is 2.93 bits per heavy atom. The molecule has 1 heterocycles. The highest BCUT2D eigenvalue weighted by atomic mass is 16.5. The maximum atomic E-state index is 9.11. The molecule has 0 radical (unpaired) electrons. The molecule has 5 nitrogen and oxygen atoms in total. The van der Waals surface area contributed by atoms with Crippen LogP contribution in [0.5, 0.6) is 5.88 Å². The summed E-state index contributed by atoms with van der Waals surface area (Å²) < 4.78 is 4.97. The number of hydrogen-bond acceptors (Lipinski definition) is 5. The fourth-order valence-corrected chi connectivity index (χ4v) is 1.26. The molecule has 0 saturated heterocycles. The second kappa shape index (κ2) is 3.42. The first kappa shape index (κ1) is 9.21. The maximum absolute atomic E-state index is 9.11. The van der Waals surface area contributed by atoms with E-state index in [9.17, 15) is 0 Å². The molecule has 1 fully saturated rings. The highest BCUT2D eigenvalue weighted by molar-refractivity contribution is 5.42. The Hall–Kier alpha value is -1.36. The van der Waals surface area contributed by atoms with Crippen molar-refractivity contribution in [3.63, 3.8) is 0 Å². The Kier molecular flexibility index (Phi) is 2.25. The first-order valence-electron chi connectivity index (χ1n) is 4.53. The second-order valence-corrected chi connectivity index (χ2v) is 3.51. The van der Waals surface area contributed by atoms with Crippen LogP contribution in [0.15, 0.2) is 12.4 Å². The van der Waals surface area contributed by atoms with Gasteiger partial charge >= 0.3 is 0 Å². The van der Waals surface area contributed by atoms with Gasteiger partial charge < -0.3 is 15.2 Å². The number of hydrogen-bond donors (Lipinski definition) is 2. The van der Waals surface area contributed by atoms with Gasteiger partial charge in [-0.25, -0.2) is 9.97 Å². The number of ether oxygens (including phenoxy) is 1. The molecule has 0 spiro atoms. The van der Waals surface area contributed by atoms with Crippen molar-refractivity contribution < 1.29 is 9.84 Å². The lowest BCUT2D eigenvalue weighted by molar-refractivity contribution is 0.266. The minimum atomic E-state index is -0.153. The average Bonchev–Trinajstić information content (AvgIpc) is 2.99. The summed E-state index contributed by atoms with van der Waals surface area (Å²) in [4.78, 5) is 7.95. The van der Waals surface area contributed by atoms with Gasteiger partial charge in [-0.15, -0.1) is 0 Å². The number of aliphatic hydroxyl groups is 1. The van der Waals surface area contributed by atoms with Crippen LogP contribution in [0.2, 0.25) is 0 Å². The van der Waals surface area contributed by atoms with Gasteiger partial charge in [0.2, 0.25) is 5.88 Å². The molecule has 1 aliphatic carbocycles. The molecule has 0 atom stereocenters. The van der Waals surface area contributed by atoms with Crippen LogP contribution in [0, 0.1) is 0 Å². The third kappa shape index (κ3) is 1.77. The van der Waals surface area contributed by atoms with Gasteiger partial charge in [0.15, 0.2) is 0 Å². The number of anilines is 1. The largest absolute Gasteiger partial charge is 0.481 e. The van der Waals surface area contributed by atoms with E-state index in [4.69, 9.17) is 9.84 Å². The SMILES string of the molecule is COc1cc(NC2(CO)CC2)ncn1. The molecule has 14 heavy (non-hydrogen) atoms. The van der Waals surface area contributed by atoms with E-state index < -0.39 is 0 Å². The van der Waals surface area contributed by atoms with Crippen molar-refractivity contribution in [3.05, 3.63) is 12.4 Å². The summed E-state index contributed by atoms with van der Waals surface area (Å²) in [6, 6.07) is 1.72. The van der Waals surface area contributed by atoms with E-state index in [-0.39, 0.29) is 12.1 Å². The van der Waals surface area contributed by atoms with Crippen LogP contribution >= 0.6 is 0 Å². The number of nitrogens with zero attached hydrogens (tertiary/aromatic N) is 2. The fourth-order valence-electron chi connectivity index (χ4n) is 1.26. The van der Waals surface area contributed by atoms with Crippen molar-refractivity contribution in [1.82, 2.24) is 9.97 Å². The number of nitrogens with one attached hydrogen (secondary N) is 1. The standard InChI is InChI=1S/C9H13N3O2/c1-14-8-4-7(10-6-11-8)12-9(5-13)2-3-9/h4,6,13H,2-3,5H2,1H3,(H,10,11,12). The minimum absolute atomic E-state index is 0.138. The van der Waals surface area contributed by atoms with E-state index in [0.29, 0.717) is 11.7 Å². The third-order valence-corrected chi connectivity index (χ3v) is 2.40. The first-order valence-corrected chi connectivity index (χ1v) is 4.53. The lowest BCUT2D eigenvalue weighted by Crippen LogP contribution is -2.26. The lowest BCUT2D eigenvalue weighted by Gasteiger charge is -2.14. The van der Waals surface area contributed by atoms with Crippen LogP contribution in [-0.2, 0) is 0 Å². The number of methoxy groups -OCH3 is 1. The molecular weight excluding hydrogens is 182 g/mol. The van der Waals surface area contributed by atoms with E-state index in [1.165, 1.54) is 6.33 Å². The number of rotatable bonds is 4. The van der Waals surface area contributed by atoms with Crippen LogP contribution in [-0.4, -0.2) is 34.3 Å². The Bertz CT molecular complexity index is 326. The Labute approximate surface area is 82.1 Å². The van der Waals surface area contributed by atoms with Gasteiger partial charge in [-0.3, -0.25) is 0 Å². The normalized spacial score (nSPS) is 17.6. The van der Waals surface area contributed by atoms with Crippen LogP contribution in [0.25, 0.3) is 0 Å². The molecule has 76 valence electrons. The van der Waals surface area contributed by atoms with Gasteiger partial charge in [-0.05, 0) is 12.8 Å². The summed E-state index contributed by atoms with van der Waals surface area (Å²) in [6.07, 6.45) is 3.40. The first-order chi connectivity index (χ1) is 6.78. The quantitative estimate of drug-likeness (QED) is 0.729. The van der Waals surface area contributed by atoms with Gasteiger partial charge in [0, 0.05) is 6.07 Å². The zero-order chi connectivity index (χ0) is 10.0. The number of aliphatic hydroxyl groups excluding tert-OH is 1. The Morgan fingerprint density at radius 2 is 2.36 bits per heavy atom. The molecular formula is C9H13N3O2. The molecule has 1 saturated carbocycles. The summed E-state index contributed by atoms with van der Waals surface area (Å²) in [5.41, 5.74) is -0.153. The predicted octanol–water partition coefficient (Wildman–Crippen LogP) is 0.422. The number of aromatic nitrogens is 2. The summed E-state index contributed by atoms with van der Waals surface area (Å²) in [5.74, 6) is 1.22. The van der Waals surface area contributed by atoms with E-state index in [1.54, 1.807) is 13.2 Å². The molecule has 1 aromatic heterocycles. The molecule has 0 bridgehead atoms. The van der Waals surface area contributed by atoms with Crippen molar-refractivity contribution in [2.75, 3.05) is 19.0 Å². The van der Waals surface area contributed by atoms with Crippen LogP contribution < -0.4 is 10.1 Å². The zero-order valence-electron chi connectivity index (χ0n) is 8.03. The molecule has 0 amide bonds. The summed E-state index contributed by atoms with van der Waals surface area (Å²) in [5, 5.41) is 12.3. The summed E-state index contributed by atoms with van der Waals surface area (Å²) in [6.45, 7) is 0.138. The van der Waals surface area contributed by atoms with Gasteiger partial charge in [-0.1, -0.05) is 0 Å². The van der Waals surface area contributed by atoms with Gasteiger partial charge in [-0.2, -0.15) is 0 Å². The van der Waals surface area contributed by atoms with Crippen LogP contribution in [0.3, 0.4) is 0 Å². The Balaban J connectivity index is 2.09. The predicted molar refractivity (Wildman–Crippen MR) is 51.3 cm³/mol. The van der Waals surface area contributed by atoms with Crippen LogP contribution in [0.1, 0.15) is 12.8 Å². The zero-order valence-corrected chi connectivity index (χ0v) is 8.03. The van der Waals surface area contributed by atoms with E-state index >= 15 is 0 Å². The molecule has 0 unspecified atom stereocenters. The molecule has 0 aliphatic heterocycles. The van der Waals surface area contributed by atoms with Gasteiger partial charge in [0.25, 0.3) is 0 Å². The third-order valence-electron chi connectivity index (χ3n) is 2.40. The minimum Gasteiger partial charge on any atom is -0.481 e. The molecule has 1 aromatic rings. The topological polar surface area (TPSA) is 67.3 Å². The van der Waals surface area contributed by atoms with Gasteiger partial charge in [0.05, 0.1) is 19.3 Å². The highest BCUT2D eigenvalue weighted by Crippen LogP contribution is 2.37. The maximum Gasteiger partial charge on any atom is 0.218 e. The Morgan fingerprint density at radius 1 is 1.57 bits per heavy atom. The molecule has 2 N–H and O–H groups in total. The summed E-state index contributed by atoms with van der Waals surface area (Å²) in [7, 11) is 1.56. The van der Waals surface area contributed by atoms with Crippen molar-refractivity contribution in [2.45, 2.75) is 18.4 Å². The smallest absolute Gasteiger partial charge is 0.218 e. The van der Waals surface area contributed by atoms with E-state index in [1.807, 2.05) is 0 Å². The summed E-state index contributed by atoms with van der Waals surface area (Å²) >= 11 is 0. The lowest BCUT2D eigenvalue weighted by atomic mass is 10.3. The highest BCUT2D eigenvalue weighted by Gasteiger charge is 2.42. The van der Waals surface area contributed by atoms with Gasteiger partial charge in [0.1, 0.15) is 12.1 Å². The average molecular weight is 195 g/mol. The van der Waals surface area contributed by atoms with Crippen molar-refractivity contribution >= 4 is 5.82 Å². The molecule has 2 rings (SSSR count). The molecule has 5 heteroatoms. The van der Waals surface area contributed by atoms with Crippen molar-refractivity contribution in [2.24, 2.45) is 0 Å². The van der Waals surface area contributed by atoms with Crippen molar-refractivity contribution in [3.8, 4) is 5.88 Å². The van der Waals surface area contributed by atoms with Crippen molar-refractivity contribution in [1.29, 1.82) is 0 Å². The van der Waals surface area contributed by atoms with E-state index in [0.717, 1.165) is 12.8 Å².